The Morgan fingerprint density at radius 1 is 1.58 bits per heavy atom. The number of allylic oxidation sites excluding steroid dienone is 1. The van der Waals surface area contributed by atoms with Gasteiger partial charge in [0.25, 0.3) is 5.89 Å². The second-order valence-corrected chi connectivity index (χ2v) is 2.28. The van der Waals surface area contributed by atoms with Crippen LogP contribution >= 0.6 is 0 Å². The van der Waals surface area contributed by atoms with Crippen molar-refractivity contribution in [2.75, 3.05) is 7.11 Å². The van der Waals surface area contributed by atoms with E-state index in [2.05, 4.69) is 15.1 Å². The lowest BCUT2D eigenvalue weighted by molar-refractivity contribution is 0.174. The molecule has 0 N–H and O–H groups in total. The summed E-state index contributed by atoms with van der Waals surface area (Å²) in [5.74, 6) is 0.986. The normalized spacial score (nSPS) is 14.2. The Labute approximate surface area is 68.8 Å². The summed E-state index contributed by atoms with van der Waals surface area (Å²) in [7, 11) is 1.58. The third kappa shape index (κ3) is 1.14. The van der Waals surface area contributed by atoms with E-state index in [1.165, 1.54) is 0 Å². The molecule has 2 rings (SSSR count). The van der Waals surface area contributed by atoms with Gasteiger partial charge in [-0.1, -0.05) is 5.16 Å². The van der Waals surface area contributed by atoms with Gasteiger partial charge in [0.05, 0.1) is 0 Å². The van der Waals surface area contributed by atoms with Crippen LogP contribution < -0.4 is 0 Å². The molecular formula is C7H7N3O2. The van der Waals surface area contributed by atoms with Crippen molar-refractivity contribution < 1.29 is 9.26 Å². The highest BCUT2D eigenvalue weighted by Crippen LogP contribution is 2.07. The molecule has 0 amide bonds. The summed E-state index contributed by atoms with van der Waals surface area (Å²) in [6.45, 7) is 0.362. The molecule has 1 aliphatic heterocycles. The molecule has 5 heteroatoms. The van der Waals surface area contributed by atoms with Crippen LogP contribution in [0.5, 0.6) is 0 Å². The quantitative estimate of drug-likeness (QED) is 0.655. The Morgan fingerprint density at radius 2 is 2.42 bits per heavy atom. The predicted octanol–water partition coefficient (Wildman–Crippen LogP) is 0.532. The molecule has 1 aromatic heterocycles. The first-order chi connectivity index (χ1) is 5.90. The molecule has 0 bridgehead atoms. The largest absolute Gasteiger partial charge is 0.377 e. The van der Waals surface area contributed by atoms with Crippen LogP contribution in [0, 0.1) is 0 Å². The molecule has 0 unspecified atom stereocenters. The van der Waals surface area contributed by atoms with Gasteiger partial charge in [-0.2, -0.15) is 4.98 Å². The van der Waals surface area contributed by atoms with Crippen molar-refractivity contribution in [2.45, 2.75) is 6.61 Å². The van der Waals surface area contributed by atoms with Gasteiger partial charge in [0.15, 0.2) is 5.82 Å². The molecule has 62 valence electrons. The van der Waals surface area contributed by atoms with E-state index in [4.69, 9.17) is 9.26 Å². The van der Waals surface area contributed by atoms with E-state index in [0.717, 1.165) is 5.71 Å². The maximum Gasteiger partial charge on any atom is 0.276 e. The number of hydrogen-bond acceptors (Lipinski definition) is 5. The van der Waals surface area contributed by atoms with E-state index in [1.807, 2.05) is 6.08 Å². The fraction of sp³-hybridized carbons (Fsp3) is 0.286. The molecule has 1 aliphatic rings. The number of aliphatic imine (C=N–C) groups is 1. The van der Waals surface area contributed by atoms with Gasteiger partial charge in [-0.05, 0) is 6.08 Å². The van der Waals surface area contributed by atoms with Crippen LogP contribution in [0.15, 0.2) is 21.8 Å². The van der Waals surface area contributed by atoms with Crippen LogP contribution in [0.1, 0.15) is 11.7 Å². The van der Waals surface area contributed by atoms with Crippen LogP contribution in [0.25, 0.3) is 0 Å². The summed E-state index contributed by atoms with van der Waals surface area (Å²) < 4.78 is 9.73. The van der Waals surface area contributed by atoms with Gasteiger partial charge >= 0.3 is 0 Å². The van der Waals surface area contributed by atoms with E-state index in [-0.39, 0.29) is 0 Å². The maximum absolute atomic E-state index is 4.90. The van der Waals surface area contributed by atoms with Crippen LogP contribution in [0.4, 0.5) is 0 Å². The van der Waals surface area contributed by atoms with Crippen molar-refractivity contribution in [1.29, 1.82) is 0 Å². The highest BCUT2D eigenvalue weighted by atomic mass is 16.5. The summed E-state index contributed by atoms with van der Waals surface area (Å²) in [4.78, 5) is 7.95. The van der Waals surface area contributed by atoms with E-state index in [0.29, 0.717) is 18.3 Å². The van der Waals surface area contributed by atoms with E-state index < -0.39 is 0 Å². The smallest absolute Gasteiger partial charge is 0.276 e. The van der Waals surface area contributed by atoms with Crippen LogP contribution in [0.3, 0.4) is 0 Å². The average Bonchev–Trinajstić information content (AvgIpc) is 2.34. The second-order valence-electron chi connectivity index (χ2n) is 2.28. The first-order valence-corrected chi connectivity index (χ1v) is 3.46. The monoisotopic (exact) mass is 165 g/mol. The molecule has 5 nitrogen and oxygen atoms in total. The SMILES string of the molecule is COCc1noc(C2=NC=C2)n1. The lowest BCUT2D eigenvalue weighted by Gasteiger charge is -1.96. The zero-order chi connectivity index (χ0) is 8.39. The van der Waals surface area contributed by atoms with Crippen molar-refractivity contribution in [3.05, 3.63) is 24.0 Å². The molecule has 1 aromatic rings. The molecule has 0 aliphatic carbocycles. The van der Waals surface area contributed by atoms with Crippen LogP contribution in [-0.2, 0) is 11.3 Å². The van der Waals surface area contributed by atoms with Crippen molar-refractivity contribution in [3.63, 3.8) is 0 Å². The summed E-state index contributed by atoms with van der Waals surface area (Å²) in [5.41, 5.74) is 0.727. The summed E-state index contributed by atoms with van der Waals surface area (Å²) >= 11 is 0. The topological polar surface area (TPSA) is 60.5 Å². The summed E-state index contributed by atoms with van der Waals surface area (Å²) in [6, 6.07) is 0. The van der Waals surface area contributed by atoms with E-state index in [9.17, 15) is 0 Å². The number of hydrogen-bond donors (Lipinski definition) is 0. The Kier molecular flexibility index (Phi) is 1.71. The molecule has 0 saturated heterocycles. The Morgan fingerprint density at radius 3 is 3.00 bits per heavy atom. The van der Waals surface area contributed by atoms with Gasteiger partial charge in [0.2, 0.25) is 0 Å². The van der Waals surface area contributed by atoms with Gasteiger partial charge in [0, 0.05) is 13.3 Å². The minimum atomic E-state index is 0.362. The van der Waals surface area contributed by atoms with Crippen molar-refractivity contribution in [3.8, 4) is 0 Å². The Bertz CT molecular complexity index is 340. The number of ether oxygens (including phenoxy) is 1. The van der Waals surface area contributed by atoms with Gasteiger partial charge in [0.1, 0.15) is 12.3 Å². The highest BCUT2D eigenvalue weighted by molar-refractivity contribution is 6.08. The molecular weight excluding hydrogens is 158 g/mol. The van der Waals surface area contributed by atoms with Crippen molar-refractivity contribution in [2.24, 2.45) is 4.99 Å². The average molecular weight is 165 g/mol. The summed E-state index contributed by atoms with van der Waals surface area (Å²) in [6.07, 6.45) is 3.49. The maximum atomic E-state index is 4.90. The lowest BCUT2D eigenvalue weighted by Crippen LogP contribution is -2.02. The molecule has 0 saturated carbocycles. The Hall–Kier alpha value is -1.49. The van der Waals surface area contributed by atoms with Crippen molar-refractivity contribution in [1.82, 2.24) is 10.1 Å². The van der Waals surface area contributed by atoms with Crippen LogP contribution in [0.2, 0.25) is 0 Å². The minimum Gasteiger partial charge on any atom is -0.377 e. The fourth-order valence-corrected chi connectivity index (χ4v) is 0.821. The number of aromatic nitrogens is 2. The lowest BCUT2D eigenvalue weighted by atomic mass is 10.3. The van der Waals surface area contributed by atoms with Crippen LogP contribution in [-0.4, -0.2) is 23.0 Å². The van der Waals surface area contributed by atoms with Gasteiger partial charge in [-0.15, -0.1) is 0 Å². The van der Waals surface area contributed by atoms with Crippen molar-refractivity contribution >= 4 is 5.71 Å². The Balaban J connectivity index is 2.13. The van der Waals surface area contributed by atoms with Gasteiger partial charge in [-0.3, -0.25) is 4.99 Å². The minimum absolute atomic E-state index is 0.362. The third-order valence-electron chi connectivity index (χ3n) is 1.41. The van der Waals surface area contributed by atoms with E-state index in [1.54, 1.807) is 13.3 Å². The second kappa shape index (κ2) is 2.86. The standard InChI is InChI=1S/C7H7N3O2/c1-11-4-6-9-7(12-10-6)5-2-3-8-5/h2-3H,4H2,1H3. The summed E-state index contributed by atoms with van der Waals surface area (Å²) in [5, 5.41) is 3.68. The molecule has 0 spiro atoms. The first-order valence-electron chi connectivity index (χ1n) is 3.46. The number of nitrogens with zero attached hydrogens (tertiary/aromatic N) is 3. The molecule has 0 radical (unpaired) electrons. The molecule has 2 heterocycles. The number of methoxy groups -OCH3 is 1. The van der Waals surface area contributed by atoms with E-state index >= 15 is 0 Å². The zero-order valence-electron chi connectivity index (χ0n) is 6.52. The number of rotatable bonds is 3. The third-order valence-corrected chi connectivity index (χ3v) is 1.41. The fourth-order valence-electron chi connectivity index (χ4n) is 0.821. The molecule has 0 aromatic carbocycles. The zero-order valence-corrected chi connectivity index (χ0v) is 6.52. The molecule has 0 fully saturated rings. The van der Waals surface area contributed by atoms with Gasteiger partial charge in [-0.25, -0.2) is 0 Å². The molecule has 12 heavy (non-hydrogen) atoms. The predicted molar refractivity (Wildman–Crippen MR) is 40.7 cm³/mol. The first kappa shape index (κ1) is 7.17. The molecule has 0 atom stereocenters. The van der Waals surface area contributed by atoms with Gasteiger partial charge < -0.3 is 9.26 Å². The highest BCUT2D eigenvalue weighted by Gasteiger charge is 2.12.